The first-order chi connectivity index (χ1) is 16.0. The molecule has 2 aliphatic heterocycles. The van der Waals surface area contributed by atoms with Gasteiger partial charge >= 0.3 is 0 Å². The number of amides is 2. The van der Waals surface area contributed by atoms with Crippen LogP contribution in [0.5, 0.6) is 0 Å². The van der Waals surface area contributed by atoms with Crippen LogP contribution < -0.4 is 10.2 Å². The number of nitrogens with zero attached hydrogens (tertiary/aromatic N) is 4. The average Bonchev–Trinajstić information content (AvgIpc) is 3.63. The number of rotatable bonds is 6. The molecule has 2 aromatic rings. The van der Waals surface area contributed by atoms with E-state index >= 15 is 0 Å². The number of piperazine rings is 1. The standard InChI is InChI=1S/C25H31N5O3/c1-16-11-19(17-3-4-17)13-27-23(16)29-7-9-30(10-8-29)25(32)18-5-6-21(26-12-18)22-20(15-33-2)14-28-24(22)31/h5-6,11-13,17,20,22H,3-4,7-10,14-15H2,1-2H3,(H,28,31)/t20?,22-/m1/s1. The summed E-state index contributed by atoms with van der Waals surface area (Å²) in [5.74, 6) is 1.40. The maximum atomic E-state index is 13.1. The van der Waals surface area contributed by atoms with E-state index in [-0.39, 0.29) is 23.7 Å². The Morgan fingerprint density at radius 1 is 1.15 bits per heavy atom. The number of hydrogen-bond acceptors (Lipinski definition) is 6. The minimum atomic E-state index is -0.334. The summed E-state index contributed by atoms with van der Waals surface area (Å²) in [6, 6.07) is 5.86. The van der Waals surface area contributed by atoms with Gasteiger partial charge in [0.15, 0.2) is 0 Å². The van der Waals surface area contributed by atoms with Gasteiger partial charge in [0.2, 0.25) is 5.91 Å². The summed E-state index contributed by atoms with van der Waals surface area (Å²) in [6.45, 7) is 6.01. The summed E-state index contributed by atoms with van der Waals surface area (Å²) in [5.41, 5.74) is 3.80. The van der Waals surface area contributed by atoms with Gasteiger partial charge in [-0.3, -0.25) is 14.6 Å². The van der Waals surface area contributed by atoms with Gasteiger partial charge in [0.1, 0.15) is 5.82 Å². The predicted octanol–water partition coefficient (Wildman–Crippen LogP) is 2.10. The van der Waals surface area contributed by atoms with Crippen molar-refractivity contribution in [3.05, 3.63) is 53.0 Å². The Morgan fingerprint density at radius 3 is 2.58 bits per heavy atom. The van der Waals surface area contributed by atoms with Crippen molar-refractivity contribution < 1.29 is 14.3 Å². The van der Waals surface area contributed by atoms with E-state index in [2.05, 4.69) is 28.2 Å². The summed E-state index contributed by atoms with van der Waals surface area (Å²) < 4.78 is 5.24. The predicted molar refractivity (Wildman–Crippen MR) is 124 cm³/mol. The third-order valence-electron chi connectivity index (χ3n) is 7.01. The number of carbonyl (C=O) groups is 2. The van der Waals surface area contributed by atoms with Crippen molar-refractivity contribution in [3.8, 4) is 0 Å². The molecular formula is C25H31N5O3. The molecule has 174 valence electrons. The van der Waals surface area contributed by atoms with Crippen LogP contribution in [-0.4, -0.2) is 73.1 Å². The van der Waals surface area contributed by atoms with E-state index in [1.54, 1.807) is 25.4 Å². The van der Waals surface area contributed by atoms with Crippen LogP contribution in [0.3, 0.4) is 0 Å². The molecule has 5 rings (SSSR count). The van der Waals surface area contributed by atoms with Crippen LogP contribution in [0, 0.1) is 12.8 Å². The Balaban J connectivity index is 1.21. The van der Waals surface area contributed by atoms with Crippen LogP contribution in [-0.2, 0) is 9.53 Å². The molecule has 0 aromatic carbocycles. The lowest BCUT2D eigenvalue weighted by molar-refractivity contribution is -0.120. The van der Waals surface area contributed by atoms with Gasteiger partial charge in [0, 0.05) is 58.1 Å². The number of ether oxygens (including phenoxy) is 1. The molecule has 1 saturated carbocycles. The zero-order valence-corrected chi connectivity index (χ0v) is 19.3. The Morgan fingerprint density at radius 2 is 1.94 bits per heavy atom. The second-order valence-electron chi connectivity index (χ2n) is 9.37. The van der Waals surface area contributed by atoms with Gasteiger partial charge < -0.3 is 19.9 Å². The van der Waals surface area contributed by atoms with Gasteiger partial charge in [0.25, 0.3) is 5.91 Å². The average molecular weight is 450 g/mol. The van der Waals surface area contributed by atoms with Crippen molar-refractivity contribution in [1.82, 2.24) is 20.2 Å². The van der Waals surface area contributed by atoms with E-state index in [9.17, 15) is 9.59 Å². The summed E-state index contributed by atoms with van der Waals surface area (Å²) in [6.07, 6.45) is 6.17. The normalized spacial score (nSPS) is 23.0. The lowest BCUT2D eigenvalue weighted by atomic mass is 9.92. The smallest absolute Gasteiger partial charge is 0.255 e. The number of anilines is 1. The third kappa shape index (κ3) is 4.44. The number of nitrogens with one attached hydrogen (secondary N) is 1. The molecule has 2 atom stereocenters. The molecule has 2 saturated heterocycles. The Hall–Kier alpha value is -3.00. The SMILES string of the molecule is COCC1CNC(=O)[C@H]1c1ccc(C(=O)N2CCN(c3ncc(C4CC4)cc3C)CC2)cn1. The van der Waals surface area contributed by atoms with E-state index in [0.717, 1.165) is 18.9 Å². The van der Waals surface area contributed by atoms with Crippen LogP contribution in [0.2, 0.25) is 0 Å². The number of methoxy groups -OCH3 is 1. The molecule has 8 heteroatoms. The quantitative estimate of drug-likeness (QED) is 0.727. The number of pyridine rings is 2. The molecule has 0 spiro atoms. The zero-order valence-electron chi connectivity index (χ0n) is 19.3. The molecule has 3 fully saturated rings. The minimum absolute atomic E-state index is 0.0215. The monoisotopic (exact) mass is 449 g/mol. The molecule has 1 aliphatic carbocycles. The molecule has 33 heavy (non-hydrogen) atoms. The van der Waals surface area contributed by atoms with Crippen LogP contribution in [0.1, 0.15) is 51.9 Å². The summed E-state index contributed by atoms with van der Waals surface area (Å²) >= 11 is 0. The van der Waals surface area contributed by atoms with Crippen molar-refractivity contribution in [2.45, 2.75) is 31.6 Å². The van der Waals surface area contributed by atoms with E-state index in [4.69, 9.17) is 9.72 Å². The van der Waals surface area contributed by atoms with Crippen molar-refractivity contribution in [2.75, 3.05) is 51.3 Å². The first kappa shape index (κ1) is 21.8. The van der Waals surface area contributed by atoms with Crippen LogP contribution in [0.15, 0.2) is 30.6 Å². The van der Waals surface area contributed by atoms with Gasteiger partial charge in [-0.15, -0.1) is 0 Å². The van der Waals surface area contributed by atoms with Crippen molar-refractivity contribution in [2.24, 2.45) is 5.92 Å². The number of carbonyl (C=O) groups excluding carboxylic acids is 2. The van der Waals surface area contributed by atoms with Gasteiger partial charge in [0.05, 0.1) is 23.8 Å². The van der Waals surface area contributed by atoms with Gasteiger partial charge in [-0.2, -0.15) is 0 Å². The van der Waals surface area contributed by atoms with E-state index in [0.29, 0.717) is 43.4 Å². The zero-order chi connectivity index (χ0) is 22.9. The number of aryl methyl sites for hydroxylation is 1. The van der Waals surface area contributed by atoms with E-state index in [1.165, 1.54) is 24.0 Å². The van der Waals surface area contributed by atoms with Crippen LogP contribution in [0.25, 0.3) is 0 Å². The lowest BCUT2D eigenvalue weighted by Crippen LogP contribution is -2.49. The van der Waals surface area contributed by atoms with Crippen LogP contribution >= 0.6 is 0 Å². The summed E-state index contributed by atoms with van der Waals surface area (Å²) in [7, 11) is 1.63. The largest absolute Gasteiger partial charge is 0.384 e. The first-order valence-electron chi connectivity index (χ1n) is 11.8. The summed E-state index contributed by atoms with van der Waals surface area (Å²) in [4.78, 5) is 38.7. The second kappa shape index (κ2) is 9.09. The highest BCUT2D eigenvalue weighted by Crippen LogP contribution is 2.40. The molecule has 0 radical (unpaired) electrons. The molecule has 8 nitrogen and oxygen atoms in total. The topological polar surface area (TPSA) is 87.7 Å². The molecule has 1 unspecified atom stereocenters. The number of hydrogen-bond donors (Lipinski definition) is 1. The highest BCUT2D eigenvalue weighted by Gasteiger charge is 2.37. The van der Waals surface area contributed by atoms with Gasteiger partial charge in [-0.25, -0.2) is 4.98 Å². The minimum Gasteiger partial charge on any atom is -0.384 e. The lowest BCUT2D eigenvalue weighted by Gasteiger charge is -2.36. The fourth-order valence-corrected chi connectivity index (χ4v) is 5.00. The molecule has 3 aliphatic rings. The first-order valence-corrected chi connectivity index (χ1v) is 11.8. The van der Waals surface area contributed by atoms with Crippen LogP contribution in [0.4, 0.5) is 5.82 Å². The molecule has 4 heterocycles. The number of aromatic nitrogens is 2. The molecule has 1 N–H and O–H groups in total. The van der Waals surface area contributed by atoms with Gasteiger partial charge in [-0.1, -0.05) is 6.07 Å². The molecule has 0 bridgehead atoms. The highest BCUT2D eigenvalue weighted by molar-refractivity contribution is 5.94. The summed E-state index contributed by atoms with van der Waals surface area (Å²) in [5, 5.41) is 2.88. The third-order valence-corrected chi connectivity index (χ3v) is 7.01. The van der Waals surface area contributed by atoms with Crippen molar-refractivity contribution in [1.29, 1.82) is 0 Å². The molecular weight excluding hydrogens is 418 g/mol. The fourth-order valence-electron chi connectivity index (χ4n) is 5.00. The Bertz CT molecular complexity index is 1030. The Labute approximate surface area is 194 Å². The van der Waals surface area contributed by atoms with Crippen molar-refractivity contribution >= 4 is 17.6 Å². The van der Waals surface area contributed by atoms with Gasteiger partial charge in [-0.05, 0) is 48.9 Å². The van der Waals surface area contributed by atoms with E-state index in [1.807, 2.05) is 11.1 Å². The van der Waals surface area contributed by atoms with Crippen molar-refractivity contribution in [3.63, 3.8) is 0 Å². The second-order valence-corrected chi connectivity index (χ2v) is 9.37. The Kier molecular flexibility index (Phi) is 6.01. The maximum Gasteiger partial charge on any atom is 0.255 e. The highest BCUT2D eigenvalue weighted by atomic mass is 16.5. The fraction of sp³-hybridized carbons (Fsp3) is 0.520. The maximum absolute atomic E-state index is 13.1. The molecule has 2 aromatic heterocycles. The van der Waals surface area contributed by atoms with E-state index < -0.39 is 0 Å². The molecule has 2 amide bonds.